The molecular formula is C18H18N2OS. The number of hydrogen-bond acceptors (Lipinski definition) is 3. The van der Waals surface area contributed by atoms with Crippen LogP contribution in [0.5, 0.6) is 0 Å². The highest BCUT2D eigenvalue weighted by molar-refractivity contribution is 7.15. The second kappa shape index (κ2) is 6.28. The summed E-state index contributed by atoms with van der Waals surface area (Å²) in [5.74, 6) is -0.0324. The summed E-state index contributed by atoms with van der Waals surface area (Å²) in [4.78, 5) is 19.5. The van der Waals surface area contributed by atoms with Gasteiger partial charge in [0.25, 0.3) is 5.91 Å². The Morgan fingerprint density at radius 2 is 2.05 bits per heavy atom. The number of aryl methyl sites for hydroxylation is 1. The molecule has 112 valence electrons. The van der Waals surface area contributed by atoms with Gasteiger partial charge in [-0.05, 0) is 37.6 Å². The highest BCUT2D eigenvalue weighted by Gasteiger charge is 2.14. The number of amides is 1. The van der Waals surface area contributed by atoms with Crippen molar-refractivity contribution in [2.24, 2.45) is 0 Å². The van der Waals surface area contributed by atoms with Gasteiger partial charge in [-0.25, -0.2) is 4.98 Å². The molecule has 3 nitrogen and oxygen atoms in total. The standard InChI is InChI=1S/C18H18N2OS/c1-3-10-19-18(21)14-11-16(17-9-8-12(2)22-17)20-15-7-5-4-6-13(14)15/h4-9,11H,3,10H2,1-2H3,(H,19,21). The number of nitrogens with zero attached hydrogens (tertiary/aromatic N) is 1. The Bertz CT molecular complexity index is 823. The first-order valence-corrected chi connectivity index (χ1v) is 8.25. The predicted molar refractivity (Wildman–Crippen MR) is 92.4 cm³/mol. The minimum Gasteiger partial charge on any atom is -0.352 e. The lowest BCUT2D eigenvalue weighted by molar-refractivity contribution is 0.0955. The number of pyridine rings is 1. The summed E-state index contributed by atoms with van der Waals surface area (Å²) in [6, 6.07) is 13.8. The summed E-state index contributed by atoms with van der Waals surface area (Å²) >= 11 is 1.69. The van der Waals surface area contributed by atoms with E-state index in [4.69, 9.17) is 4.98 Å². The first kappa shape index (κ1) is 14.7. The van der Waals surface area contributed by atoms with Gasteiger partial charge in [0.2, 0.25) is 0 Å². The van der Waals surface area contributed by atoms with Crippen LogP contribution in [0.15, 0.2) is 42.5 Å². The second-order valence-electron chi connectivity index (χ2n) is 5.24. The smallest absolute Gasteiger partial charge is 0.252 e. The quantitative estimate of drug-likeness (QED) is 0.775. The van der Waals surface area contributed by atoms with E-state index >= 15 is 0 Å². The Morgan fingerprint density at radius 1 is 1.23 bits per heavy atom. The zero-order valence-corrected chi connectivity index (χ0v) is 13.5. The molecule has 1 N–H and O–H groups in total. The van der Waals surface area contributed by atoms with Crippen molar-refractivity contribution in [3.8, 4) is 10.6 Å². The molecule has 0 aliphatic carbocycles. The minimum absolute atomic E-state index is 0.0324. The van der Waals surface area contributed by atoms with Crippen LogP contribution in [0.4, 0.5) is 0 Å². The van der Waals surface area contributed by atoms with Gasteiger partial charge in [0.05, 0.1) is 21.7 Å². The molecule has 1 aromatic carbocycles. The highest BCUT2D eigenvalue weighted by Crippen LogP contribution is 2.29. The molecule has 0 aliphatic rings. The number of rotatable bonds is 4. The fourth-order valence-corrected chi connectivity index (χ4v) is 3.22. The van der Waals surface area contributed by atoms with Crippen molar-refractivity contribution in [1.82, 2.24) is 10.3 Å². The molecule has 1 amide bonds. The molecule has 0 fully saturated rings. The monoisotopic (exact) mass is 310 g/mol. The van der Waals surface area contributed by atoms with Crippen LogP contribution in [0.1, 0.15) is 28.6 Å². The van der Waals surface area contributed by atoms with E-state index in [1.54, 1.807) is 11.3 Å². The zero-order valence-electron chi connectivity index (χ0n) is 12.7. The van der Waals surface area contributed by atoms with Gasteiger partial charge in [-0.2, -0.15) is 0 Å². The van der Waals surface area contributed by atoms with E-state index in [1.165, 1.54) is 4.88 Å². The third kappa shape index (κ3) is 2.88. The number of fused-ring (bicyclic) bond motifs is 1. The third-order valence-corrected chi connectivity index (χ3v) is 4.51. The van der Waals surface area contributed by atoms with E-state index in [1.807, 2.05) is 37.3 Å². The summed E-state index contributed by atoms with van der Waals surface area (Å²) in [6.07, 6.45) is 0.922. The SMILES string of the molecule is CCCNC(=O)c1cc(-c2ccc(C)s2)nc2ccccc12. The summed E-state index contributed by atoms with van der Waals surface area (Å²) in [5, 5.41) is 3.86. The van der Waals surface area contributed by atoms with Crippen LogP contribution in [0.25, 0.3) is 21.5 Å². The van der Waals surface area contributed by atoms with Crippen LogP contribution < -0.4 is 5.32 Å². The summed E-state index contributed by atoms with van der Waals surface area (Å²) < 4.78 is 0. The van der Waals surface area contributed by atoms with E-state index < -0.39 is 0 Å². The van der Waals surface area contributed by atoms with Gasteiger partial charge < -0.3 is 5.32 Å². The maximum atomic E-state index is 12.5. The molecule has 0 aliphatic heterocycles. The van der Waals surface area contributed by atoms with Crippen LogP contribution in [0, 0.1) is 6.92 Å². The van der Waals surface area contributed by atoms with Gasteiger partial charge in [0.15, 0.2) is 0 Å². The van der Waals surface area contributed by atoms with Gasteiger partial charge in [-0.1, -0.05) is 25.1 Å². The minimum atomic E-state index is -0.0324. The molecule has 2 aromatic heterocycles. The van der Waals surface area contributed by atoms with Crippen molar-refractivity contribution in [3.05, 3.63) is 52.9 Å². The number of para-hydroxylation sites is 1. The molecule has 3 rings (SSSR count). The van der Waals surface area contributed by atoms with Gasteiger partial charge >= 0.3 is 0 Å². The molecule has 0 radical (unpaired) electrons. The van der Waals surface area contributed by atoms with E-state index in [-0.39, 0.29) is 5.91 Å². The molecule has 0 saturated carbocycles. The number of aromatic nitrogens is 1. The number of benzene rings is 1. The van der Waals surface area contributed by atoms with Crippen molar-refractivity contribution < 1.29 is 4.79 Å². The fraction of sp³-hybridized carbons (Fsp3) is 0.222. The van der Waals surface area contributed by atoms with E-state index in [0.29, 0.717) is 12.1 Å². The van der Waals surface area contributed by atoms with Gasteiger partial charge in [-0.15, -0.1) is 11.3 Å². The number of nitrogens with one attached hydrogen (secondary N) is 1. The van der Waals surface area contributed by atoms with Crippen molar-refractivity contribution in [2.75, 3.05) is 6.54 Å². The number of carbonyl (C=O) groups excluding carboxylic acids is 1. The highest BCUT2D eigenvalue weighted by atomic mass is 32.1. The zero-order chi connectivity index (χ0) is 15.5. The lowest BCUT2D eigenvalue weighted by Gasteiger charge is -2.09. The lowest BCUT2D eigenvalue weighted by atomic mass is 10.1. The normalized spacial score (nSPS) is 10.8. The predicted octanol–water partition coefficient (Wildman–Crippen LogP) is 4.41. The molecule has 0 unspecified atom stereocenters. The fourth-order valence-electron chi connectivity index (χ4n) is 2.40. The van der Waals surface area contributed by atoms with Crippen molar-refractivity contribution in [1.29, 1.82) is 0 Å². The van der Waals surface area contributed by atoms with Crippen molar-refractivity contribution in [2.45, 2.75) is 20.3 Å². The Kier molecular flexibility index (Phi) is 4.20. The molecule has 2 heterocycles. The number of thiophene rings is 1. The van der Waals surface area contributed by atoms with Crippen molar-refractivity contribution in [3.63, 3.8) is 0 Å². The average Bonchev–Trinajstić information content (AvgIpc) is 2.98. The second-order valence-corrected chi connectivity index (χ2v) is 6.53. The Labute approximate surface area is 134 Å². The lowest BCUT2D eigenvalue weighted by Crippen LogP contribution is -2.24. The Morgan fingerprint density at radius 3 is 2.77 bits per heavy atom. The molecule has 22 heavy (non-hydrogen) atoms. The maximum absolute atomic E-state index is 12.5. The molecular weight excluding hydrogens is 292 g/mol. The maximum Gasteiger partial charge on any atom is 0.252 e. The van der Waals surface area contributed by atoms with Crippen LogP contribution in [0.3, 0.4) is 0 Å². The topological polar surface area (TPSA) is 42.0 Å². The molecule has 3 aromatic rings. The largest absolute Gasteiger partial charge is 0.352 e. The van der Waals surface area contributed by atoms with Crippen LogP contribution in [0.2, 0.25) is 0 Å². The summed E-state index contributed by atoms with van der Waals surface area (Å²) in [5.41, 5.74) is 2.41. The van der Waals surface area contributed by atoms with Crippen LogP contribution >= 0.6 is 11.3 Å². The number of carbonyl (C=O) groups is 1. The van der Waals surface area contributed by atoms with E-state index in [0.717, 1.165) is 27.9 Å². The first-order chi connectivity index (χ1) is 10.7. The molecule has 0 bridgehead atoms. The number of hydrogen-bond donors (Lipinski definition) is 1. The third-order valence-electron chi connectivity index (χ3n) is 3.49. The average molecular weight is 310 g/mol. The van der Waals surface area contributed by atoms with Gasteiger partial charge in [-0.3, -0.25) is 4.79 Å². The molecule has 0 atom stereocenters. The summed E-state index contributed by atoms with van der Waals surface area (Å²) in [7, 11) is 0. The van der Waals surface area contributed by atoms with E-state index in [2.05, 4.69) is 24.4 Å². The molecule has 0 spiro atoms. The van der Waals surface area contributed by atoms with E-state index in [9.17, 15) is 4.79 Å². The summed E-state index contributed by atoms with van der Waals surface area (Å²) in [6.45, 7) is 4.80. The van der Waals surface area contributed by atoms with Crippen LogP contribution in [-0.2, 0) is 0 Å². The molecule has 4 heteroatoms. The Hall–Kier alpha value is -2.20. The van der Waals surface area contributed by atoms with Crippen LogP contribution in [-0.4, -0.2) is 17.4 Å². The van der Waals surface area contributed by atoms with Gasteiger partial charge in [0.1, 0.15) is 0 Å². The Balaban J connectivity index is 2.14. The van der Waals surface area contributed by atoms with Crippen molar-refractivity contribution >= 4 is 28.1 Å². The molecule has 0 saturated heterocycles. The first-order valence-electron chi connectivity index (χ1n) is 7.44. The van der Waals surface area contributed by atoms with Gasteiger partial charge in [0, 0.05) is 16.8 Å².